The minimum Gasteiger partial charge on any atom is -0.343 e. The van der Waals surface area contributed by atoms with Crippen molar-refractivity contribution in [2.24, 2.45) is 0 Å². The van der Waals surface area contributed by atoms with Gasteiger partial charge in [-0.05, 0) is 64.5 Å². The molecule has 1 amide bonds. The van der Waals surface area contributed by atoms with E-state index in [9.17, 15) is 10.1 Å². The van der Waals surface area contributed by atoms with E-state index in [-0.39, 0.29) is 36.3 Å². The van der Waals surface area contributed by atoms with Gasteiger partial charge < -0.3 is 33.9 Å². The Bertz CT molecular complexity index is 881. The molecule has 0 aliphatic carbocycles. The average Bonchev–Trinajstić information content (AvgIpc) is 3.66. The summed E-state index contributed by atoms with van der Waals surface area (Å²) in [7, 11) is 0. The van der Waals surface area contributed by atoms with Crippen LogP contribution in [-0.2, 0) is 28.5 Å². The van der Waals surface area contributed by atoms with Crippen molar-refractivity contribution in [1.29, 1.82) is 5.26 Å². The van der Waals surface area contributed by atoms with Crippen LogP contribution in [0.5, 0.6) is 0 Å². The van der Waals surface area contributed by atoms with E-state index < -0.39 is 17.4 Å². The summed E-state index contributed by atoms with van der Waals surface area (Å²) < 4.78 is 33.0. The predicted octanol–water partition coefficient (Wildman–Crippen LogP) is 2.51. The highest BCUT2D eigenvalue weighted by atomic mass is 16.9. The van der Waals surface area contributed by atoms with E-state index in [1.165, 1.54) is 0 Å². The first kappa shape index (κ1) is 28.2. The van der Waals surface area contributed by atoms with Gasteiger partial charge >= 0.3 is 0 Å². The van der Waals surface area contributed by atoms with Crippen molar-refractivity contribution in [2.45, 2.75) is 127 Å². The summed E-state index contributed by atoms with van der Waals surface area (Å²) in [6.45, 7) is 12.2. The number of nitrogens with one attached hydrogen (secondary N) is 1. The molecule has 0 saturated carbocycles. The van der Waals surface area contributed by atoms with Crippen LogP contribution in [0, 0.1) is 11.3 Å². The minimum absolute atomic E-state index is 0.0318. The van der Waals surface area contributed by atoms with Crippen LogP contribution in [0.1, 0.15) is 79.1 Å². The number of carbonyl (C=O) groups is 1. The Labute approximate surface area is 227 Å². The lowest BCUT2D eigenvalue weighted by Crippen LogP contribution is -2.63. The fourth-order valence-electron chi connectivity index (χ4n) is 6.90. The zero-order valence-corrected chi connectivity index (χ0v) is 23.6. The third kappa shape index (κ3) is 5.12. The van der Waals surface area contributed by atoms with Crippen molar-refractivity contribution < 1.29 is 28.5 Å². The fourth-order valence-corrected chi connectivity index (χ4v) is 6.90. The van der Waals surface area contributed by atoms with E-state index in [4.69, 9.17) is 23.7 Å². The van der Waals surface area contributed by atoms with Crippen molar-refractivity contribution >= 4 is 5.91 Å². The summed E-state index contributed by atoms with van der Waals surface area (Å²) >= 11 is 0. The number of fused-ring (bicyclic) bond motifs is 3. The number of carbonyl (C=O) groups excluding carboxylic acids is 1. The summed E-state index contributed by atoms with van der Waals surface area (Å²) in [5.74, 6) is -2.15. The van der Waals surface area contributed by atoms with Crippen molar-refractivity contribution in [3.8, 4) is 6.07 Å². The van der Waals surface area contributed by atoms with Crippen LogP contribution in [0.25, 0.3) is 0 Å². The molecule has 5 atom stereocenters. The van der Waals surface area contributed by atoms with E-state index >= 15 is 0 Å². The second kappa shape index (κ2) is 11.3. The first-order valence-electron chi connectivity index (χ1n) is 14.9. The molecule has 0 aromatic carbocycles. The Kier molecular flexibility index (Phi) is 8.38. The second-order valence-corrected chi connectivity index (χ2v) is 11.5. The molecule has 0 spiro atoms. The molecule has 214 valence electrons. The average molecular weight is 535 g/mol. The Morgan fingerprint density at radius 3 is 2.34 bits per heavy atom. The molecule has 10 nitrogen and oxygen atoms in total. The molecule has 0 aromatic rings. The van der Waals surface area contributed by atoms with Gasteiger partial charge in [0.2, 0.25) is 11.7 Å². The zero-order valence-electron chi connectivity index (χ0n) is 23.6. The maximum absolute atomic E-state index is 12.6. The molecule has 1 N–H and O–H groups in total. The zero-order chi connectivity index (χ0) is 27.0. The van der Waals surface area contributed by atoms with Crippen molar-refractivity contribution in [3.05, 3.63) is 0 Å². The Morgan fingerprint density at radius 2 is 1.68 bits per heavy atom. The first-order valence-corrected chi connectivity index (χ1v) is 14.9. The van der Waals surface area contributed by atoms with Gasteiger partial charge in [0.15, 0.2) is 11.6 Å². The number of ether oxygens (including phenoxy) is 5. The van der Waals surface area contributed by atoms with Crippen LogP contribution >= 0.6 is 0 Å². The molecule has 5 saturated heterocycles. The van der Waals surface area contributed by atoms with Crippen molar-refractivity contribution in [2.75, 3.05) is 39.3 Å². The number of amides is 1. The number of rotatable bonds is 9. The molecular weight excluding hydrogens is 488 g/mol. The third-order valence-electron chi connectivity index (χ3n) is 9.46. The van der Waals surface area contributed by atoms with Gasteiger partial charge in [0.1, 0.15) is 24.4 Å². The van der Waals surface area contributed by atoms with E-state index in [2.05, 4.69) is 44.0 Å². The van der Waals surface area contributed by atoms with Crippen LogP contribution < -0.4 is 5.32 Å². The third-order valence-corrected chi connectivity index (χ3v) is 9.46. The monoisotopic (exact) mass is 534 g/mol. The topological polar surface area (TPSA) is 106 Å². The molecular formula is C28H46N4O6. The lowest BCUT2D eigenvalue weighted by Gasteiger charge is -2.44. The Hall–Kier alpha value is -1.32. The number of nitriles is 1. The maximum atomic E-state index is 12.6. The van der Waals surface area contributed by atoms with Crippen LogP contribution in [-0.4, -0.2) is 103 Å². The van der Waals surface area contributed by atoms with Gasteiger partial charge in [0, 0.05) is 12.6 Å². The molecule has 10 heteroatoms. The summed E-state index contributed by atoms with van der Waals surface area (Å²) in [6.07, 6.45) is 5.85. The van der Waals surface area contributed by atoms with Gasteiger partial charge in [0.25, 0.3) is 0 Å². The van der Waals surface area contributed by atoms with E-state index in [0.717, 1.165) is 64.5 Å². The summed E-state index contributed by atoms with van der Waals surface area (Å²) in [5, 5.41) is 12.7. The molecule has 0 radical (unpaired) electrons. The van der Waals surface area contributed by atoms with Crippen LogP contribution in [0.3, 0.4) is 0 Å². The standard InChI is InChI=1S/C28H46N4O6/c1-5-26(6-2)35-22-18-34-28(25(24(22)36-26)37-27(7-3,8-4)38-28)19-31-14-11-20(12-15-31)30-17-23(33)32-13-9-10-21(32)16-29/h20-22,24-25,30H,5-15,17-19H2,1-4H3/t21-,22+,24+,25-,28-/m0/s1. The molecule has 5 fully saturated rings. The van der Waals surface area contributed by atoms with Gasteiger partial charge in [0.05, 0.1) is 25.8 Å². The summed E-state index contributed by atoms with van der Waals surface area (Å²) in [4.78, 5) is 16.8. The van der Waals surface area contributed by atoms with Gasteiger partial charge in [-0.15, -0.1) is 0 Å². The smallest absolute Gasteiger partial charge is 0.237 e. The van der Waals surface area contributed by atoms with Crippen molar-refractivity contribution in [3.63, 3.8) is 0 Å². The number of piperidine rings is 1. The molecule has 5 aliphatic rings. The molecule has 0 unspecified atom stereocenters. The second-order valence-electron chi connectivity index (χ2n) is 11.5. The minimum atomic E-state index is -0.896. The van der Waals surface area contributed by atoms with Crippen LogP contribution in [0.2, 0.25) is 0 Å². The predicted molar refractivity (Wildman–Crippen MR) is 139 cm³/mol. The highest BCUT2D eigenvalue weighted by molar-refractivity contribution is 5.79. The SMILES string of the molecule is CCC1(CC)O[C@@H]2[C@@H](CO[C@@]3(CN4CCC(NCC(=O)N5CCC[C@H]5C#N)CC4)OC(CC)(CC)O[C@@H]23)O1. The lowest BCUT2D eigenvalue weighted by molar-refractivity contribution is -0.293. The fraction of sp³-hybridized carbons (Fsp3) is 0.929. The van der Waals surface area contributed by atoms with Crippen LogP contribution in [0.15, 0.2) is 0 Å². The van der Waals surface area contributed by atoms with Gasteiger partial charge in [-0.1, -0.05) is 27.7 Å². The number of hydrogen-bond acceptors (Lipinski definition) is 9. The number of hydrogen-bond donors (Lipinski definition) is 1. The van der Waals surface area contributed by atoms with Gasteiger partial charge in [-0.3, -0.25) is 9.69 Å². The largest absolute Gasteiger partial charge is 0.343 e. The van der Waals surface area contributed by atoms with E-state index in [1.807, 2.05) is 0 Å². The molecule has 5 heterocycles. The molecule has 0 aromatic heterocycles. The summed E-state index contributed by atoms with van der Waals surface area (Å²) in [6, 6.07) is 2.26. The Balaban J connectivity index is 1.20. The molecule has 38 heavy (non-hydrogen) atoms. The molecule has 0 bridgehead atoms. The first-order chi connectivity index (χ1) is 18.3. The summed E-state index contributed by atoms with van der Waals surface area (Å²) in [5.41, 5.74) is 0. The highest BCUT2D eigenvalue weighted by Crippen LogP contribution is 2.51. The highest BCUT2D eigenvalue weighted by Gasteiger charge is 2.67. The van der Waals surface area contributed by atoms with Crippen LogP contribution in [0.4, 0.5) is 0 Å². The quantitative estimate of drug-likeness (QED) is 0.478. The molecule has 5 rings (SSSR count). The van der Waals surface area contributed by atoms with E-state index in [0.29, 0.717) is 26.2 Å². The van der Waals surface area contributed by atoms with Gasteiger partial charge in [-0.25, -0.2) is 0 Å². The Morgan fingerprint density at radius 1 is 0.974 bits per heavy atom. The van der Waals surface area contributed by atoms with Gasteiger partial charge in [-0.2, -0.15) is 5.26 Å². The normalized spacial score (nSPS) is 36.7. The molecule has 5 aliphatic heterocycles. The maximum Gasteiger partial charge on any atom is 0.237 e. The van der Waals surface area contributed by atoms with Crippen molar-refractivity contribution in [1.82, 2.24) is 15.1 Å². The lowest BCUT2D eigenvalue weighted by atomic mass is 9.95. The number of likely N-dealkylation sites (tertiary alicyclic amines) is 2. The number of nitrogens with zero attached hydrogens (tertiary/aromatic N) is 3. The van der Waals surface area contributed by atoms with E-state index in [1.54, 1.807) is 4.90 Å².